The van der Waals surface area contributed by atoms with Crippen molar-refractivity contribution in [2.24, 2.45) is 0 Å². The summed E-state index contributed by atoms with van der Waals surface area (Å²) < 4.78 is 47.3. The summed E-state index contributed by atoms with van der Waals surface area (Å²) in [4.78, 5) is 35.0. The van der Waals surface area contributed by atoms with Crippen LogP contribution in [-0.4, -0.2) is 33.0 Å². The van der Waals surface area contributed by atoms with Crippen LogP contribution in [0.4, 0.5) is 18.9 Å². The molecule has 4 aromatic rings. The molecule has 2 aromatic carbocycles. The van der Waals surface area contributed by atoms with Gasteiger partial charge in [-0.25, -0.2) is 14.8 Å². The highest BCUT2D eigenvalue weighted by atomic mass is 32.1. The van der Waals surface area contributed by atoms with Crippen molar-refractivity contribution in [3.05, 3.63) is 98.6 Å². The van der Waals surface area contributed by atoms with E-state index >= 15 is 0 Å². The largest absolute Gasteiger partial charge is 0.478 e. The minimum Gasteiger partial charge on any atom is -0.478 e. The molecule has 2 heterocycles. The second-order valence-electron chi connectivity index (χ2n) is 9.45. The van der Waals surface area contributed by atoms with Crippen molar-refractivity contribution in [1.29, 1.82) is 0 Å². The van der Waals surface area contributed by atoms with Crippen LogP contribution in [0.15, 0.2) is 60.1 Å². The van der Waals surface area contributed by atoms with Gasteiger partial charge in [-0.2, -0.15) is 13.2 Å². The SMILES string of the molecule is Cc1ccc(C(=O)N(c2ccc(Oc3ncc(Cc4csc(C)n4)cc3C(F)(F)F)cc2C(=O)O)C(C)C)cc1. The average Bonchev–Trinajstić information content (AvgIpc) is 3.29. The lowest BCUT2D eigenvalue weighted by molar-refractivity contribution is -0.138. The van der Waals surface area contributed by atoms with Gasteiger partial charge in [-0.3, -0.25) is 4.79 Å². The molecule has 0 radical (unpaired) electrons. The Bertz CT molecular complexity index is 1550. The minimum atomic E-state index is -4.78. The summed E-state index contributed by atoms with van der Waals surface area (Å²) in [5.41, 5.74) is 0.920. The number of thiazole rings is 1. The van der Waals surface area contributed by atoms with Gasteiger partial charge < -0.3 is 14.7 Å². The Kier molecular flexibility index (Phi) is 8.24. The first-order valence-electron chi connectivity index (χ1n) is 12.3. The molecule has 0 aliphatic heterocycles. The van der Waals surface area contributed by atoms with Gasteiger partial charge in [0.05, 0.1) is 22.0 Å². The maximum atomic E-state index is 13.9. The van der Waals surface area contributed by atoms with E-state index in [-0.39, 0.29) is 23.4 Å². The third-order valence-electron chi connectivity index (χ3n) is 5.97. The lowest BCUT2D eigenvalue weighted by Crippen LogP contribution is -2.38. The van der Waals surface area contributed by atoms with E-state index in [4.69, 9.17) is 4.74 Å². The quantitative estimate of drug-likeness (QED) is 0.239. The van der Waals surface area contributed by atoms with E-state index in [0.29, 0.717) is 16.8 Å². The van der Waals surface area contributed by atoms with Crippen LogP contribution in [-0.2, 0) is 12.6 Å². The van der Waals surface area contributed by atoms with Gasteiger partial charge in [-0.05, 0) is 69.7 Å². The summed E-state index contributed by atoms with van der Waals surface area (Å²) in [5.74, 6) is -2.68. The van der Waals surface area contributed by atoms with Crippen molar-refractivity contribution >= 4 is 28.9 Å². The Morgan fingerprint density at radius 1 is 1.07 bits per heavy atom. The molecule has 1 amide bonds. The fourth-order valence-electron chi connectivity index (χ4n) is 4.10. The predicted molar refractivity (Wildman–Crippen MR) is 145 cm³/mol. The van der Waals surface area contributed by atoms with E-state index in [1.54, 1.807) is 50.4 Å². The fourth-order valence-corrected chi connectivity index (χ4v) is 4.72. The highest BCUT2D eigenvalue weighted by Gasteiger charge is 2.36. The monoisotopic (exact) mass is 569 g/mol. The van der Waals surface area contributed by atoms with Crippen molar-refractivity contribution in [1.82, 2.24) is 9.97 Å². The van der Waals surface area contributed by atoms with Crippen LogP contribution >= 0.6 is 11.3 Å². The number of rotatable bonds is 8. The molecular weight excluding hydrogens is 543 g/mol. The number of aromatic nitrogens is 2. The number of benzene rings is 2. The Labute approximate surface area is 232 Å². The van der Waals surface area contributed by atoms with Gasteiger partial charge in [-0.1, -0.05) is 17.7 Å². The standard InChI is InChI=1S/C29H26F3N3O4S/c1-16(2)35(27(36)20-7-5-17(3)6-8-20)25-10-9-22(13-23(25)28(37)38)39-26-24(29(30,31)32)12-19(14-33-26)11-21-15-40-18(4)34-21/h5-10,12-16H,11H2,1-4H3,(H,37,38). The first-order chi connectivity index (χ1) is 18.8. The molecule has 1 N–H and O–H groups in total. The summed E-state index contributed by atoms with van der Waals surface area (Å²) in [5, 5.41) is 12.5. The van der Waals surface area contributed by atoms with Crippen molar-refractivity contribution < 1.29 is 32.6 Å². The molecule has 4 rings (SSSR count). The Morgan fingerprint density at radius 2 is 1.77 bits per heavy atom. The lowest BCUT2D eigenvalue weighted by Gasteiger charge is -2.28. The van der Waals surface area contributed by atoms with Crippen molar-refractivity contribution in [2.45, 2.75) is 46.3 Å². The number of pyridine rings is 1. The molecule has 0 spiro atoms. The van der Waals surface area contributed by atoms with Gasteiger partial charge in [0.1, 0.15) is 11.3 Å². The predicted octanol–water partition coefficient (Wildman–Crippen LogP) is 7.31. The van der Waals surface area contributed by atoms with E-state index in [1.807, 2.05) is 6.92 Å². The summed E-state index contributed by atoms with van der Waals surface area (Å²) in [6.07, 6.45) is -3.34. The summed E-state index contributed by atoms with van der Waals surface area (Å²) in [6.45, 7) is 7.15. The normalized spacial score (nSPS) is 11.5. The zero-order valence-electron chi connectivity index (χ0n) is 22.1. The highest BCUT2D eigenvalue weighted by molar-refractivity contribution is 7.09. The number of carbonyl (C=O) groups is 2. The summed E-state index contributed by atoms with van der Waals surface area (Å²) >= 11 is 1.40. The molecule has 0 saturated carbocycles. The van der Waals surface area contributed by atoms with Crippen LogP contribution in [0.5, 0.6) is 11.6 Å². The number of carbonyl (C=O) groups excluding carboxylic acids is 1. The molecule has 40 heavy (non-hydrogen) atoms. The molecular formula is C29H26F3N3O4S. The molecule has 0 aliphatic carbocycles. The fraction of sp³-hybridized carbons (Fsp3) is 0.241. The second kappa shape index (κ2) is 11.5. The number of carboxylic acids is 1. The number of amides is 1. The first kappa shape index (κ1) is 28.8. The van der Waals surface area contributed by atoms with Gasteiger partial charge in [0.2, 0.25) is 5.88 Å². The second-order valence-corrected chi connectivity index (χ2v) is 10.5. The van der Waals surface area contributed by atoms with Gasteiger partial charge in [0.15, 0.2) is 0 Å². The van der Waals surface area contributed by atoms with Gasteiger partial charge in [0.25, 0.3) is 5.91 Å². The van der Waals surface area contributed by atoms with E-state index < -0.39 is 35.5 Å². The number of hydrogen-bond donors (Lipinski definition) is 1. The van der Waals surface area contributed by atoms with Gasteiger partial charge >= 0.3 is 12.1 Å². The smallest absolute Gasteiger partial charge is 0.421 e. The van der Waals surface area contributed by atoms with Crippen molar-refractivity contribution in [3.63, 3.8) is 0 Å². The van der Waals surface area contributed by atoms with Crippen LogP contribution in [0, 0.1) is 13.8 Å². The number of halogens is 3. The number of ether oxygens (including phenoxy) is 1. The van der Waals surface area contributed by atoms with Crippen molar-refractivity contribution in [3.8, 4) is 11.6 Å². The molecule has 7 nitrogen and oxygen atoms in total. The topological polar surface area (TPSA) is 92.6 Å². The highest BCUT2D eigenvalue weighted by Crippen LogP contribution is 2.39. The third kappa shape index (κ3) is 6.48. The number of aryl methyl sites for hydroxylation is 2. The lowest BCUT2D eigenvalue weighted by atomic mass is 10.1. The number of alkyl halides is 3. The third-order valence-corrected chi connectivity index (χ3v) is 6.79. The zero-order chi connectivity index (χ0) is 29.2. The van der Waals surface area contributed by atoms with Crippen LogP contribution in [0.1, 0.15) is 62.0 Å². The van der Waals surface area contributed by atoms with E-state index in [2.05, 4.69) is 9.97 Å². The molecule has 11 heteroatoms. The van der Waals surface area contributed by atoms with E-state index in [9.17, 15) is 27.9 Å². The molecule has 0 unspecified atom stereocenters. The number of carboxylic acid groups (broad SMARTS) is 1. The molecule has 0 aliphatic rings. The summed E-state index contributed by atoms with van der Waals surface area (Å²) in [6, 6.07) is 11.1. The molecule has 208 valence electrons. The molecule has 0 atom stereocenters. The Hall–Kier alpha value is -4.25. The molecule has 0 fully saturated rings. The van der Waals surface area contributed by atoms with Crippen LogP contribution in [0.25, 0.3) is 0 Å². The summed E-state index contributed by atoms with van der Waals surface area (Å²) in [7, 11) is 0. The van der Waals surface area contributed by atoms with Crippen LogP contribution < -0.4 is 9.64 Å². The number of anilines is 1. The van der Waals surface area contributed by atoms with E-state index in [1.165, 1.54) is 34.6 Å². The van der Waals surface area contributed by atoms with Gasteiger partial charge in [-0.15, -0.1) is 11.3 Å². The molecule has 0 saturated heterocycles. The number of hydrogen-bond acceptors (Lipinski definition) is 6. The number of aromatic carboxylic acids is 1. The Balaban J connectivity index is 1.69. The minimum absolute atomic E-state index is 0.0818. The average molecular weight is 570 g/mol. The molecule has 0 bridgehead atoms. The van der Waals surface area contributed by atoms with Gasteiger partial charge in [0, 0.05) is 29.6 Å². The maximum absolute atomic E-state index is 13.9. The van der Waals surface area contributed by atoms with Crippen LogP contribution in [0.3, 0.4) is 0 Å². The first-order valence-corrected chi connectivity index (χ1v) is 13.1. The Morgan fingerprint density at radius 3 is 2.35 bits per heavy atom. The maximum Gasteiger partial charge on any atom is 0.421 e. The van der Waals surface area contributed by atoms with Crippen molar-refractivity contribution in [2.75, 3.05) is 4.90 Å². The number of nitrogens with zero attached hydrogens (tertiary/aromatic N) is 3. The van der Waals surface area contributed by atoms with Crippen LogP contribution in [0.2, 0.25) is 0 Å². The van der Waals surface area contributed by atoms with E-state index in [0.717, 1.165) is 22.7 Å². The zero-order valence-corrected chi connectivity index (χ0v) is 22.9. The molecule has 2 aromatic heterocycles.